The second kappa shape index (κ2) is 9.77. The largest absolute Gasteiger partial charge is 0.489 e. The number of nitrogens with one attached hydrogen (secondary N) is 1. The van der Waals surface area contributed by atoms with Gasteiger partial charge in [0, 0.05) is 17.3 Å². The Morgan fingerprint density at radius 1 is 1.31 bits per heavy atom. The molecule has 170 valence electrons. The van der Waals surface area contributed by atoms with E-state index in [0.29, 0.717) is 22.5 Å². The maximum atomic E-state index is 12.0. The van der Waals surface area contributed by atoms with Crippen LogP contribution in [0.2, 0.25) is 5.02 Å². The van der Waals surface area contributed by atoms with Gasteiger partial charge in [-0.15, -0.1) is 0 Å². The summed E-state index contributed by atoms with van der Waals surface area (Å²) in [6.45, 7) is 3.90. The van der Waals surface area contributed by atoms with Gasteiger partial charge in [0.2, 0.25) is 11.7 Å². The Morgan fingerprint density at radius 2 is 2.16 bits per heavy atom. The zero-order chi connectivity index (χ0) is 22.7. The average Bonchev–Trinajstić information content (AvgIpc) is 3.45. The van der Waals surface area contributed by atoms with Crippen LogP contribution in [-0.4, -0.2) is 35.4 Å². The molecular formula is C24H28ClN3O4. The summed E-state index contributed by atoms with van der Waals surface area (Å²) in [5.41, 5.74) is 1.78. The predicted molar refractivity (Wildman–Crippen MR) is 121 cm³/mol. The lowest BCUT2D eigenvalue weighted by Crippen LogP contribution is -2.36. The van der Waals surface area contributed by atoms with Gasteiger partial charge < -0.3 is 19.3 Å². The minimum atomic E-state index is -0.138. The highest BCUT2D eigenvalue weighted by molar-refractivity contribution is 6.32. The van der Waals surface area contributed by atoms with Gasteiger partial charge in [-0.2, -0.15) is 4.98 Å². The average molecular weight is 458 g/mol. The first-order valence-corrected chi connectivity index (χ1v) is 11.3. The standard InChI is InChI=1S/C24H28ClN3O4/c1-14(2)31-21-12-9-16(13-19(21)25)22-27-23(32-28-22)15-7-10-17(11-8-15)26-20-6-4-5-18(20)24(29)30-3/h7,9-15,18,20,26H,4-6,8H2,1-3H3/t15?,18-,20+/m1/s1. The molecule has 1 saturated carbocycles. The van der Waals surface area contributed by atoms with E-state index < -0.39 is 0 Å². The fourth-order valence-electron chi connectivity index (χ4n) is 4.18. The van der Waals surface area contributed by atoms with Crippen LogP contribution in [0, 0.1) is 5.92 Å². The number of allylic oxidation sites excluding steroid dienone is 3. The molecule has 2 aliphatic rings. The van der Waals surface area contributed by atoms with E-state index in [-0.39, 0.29) is 30.0 Å². The van der Waals surface area contributed by atoms with E-state index in [0.717, 1.165) is 36.9 Å². The molecule has 1 fully saturated rings. The number of methoxy groups -OCH3 is 1. The highest BCUT2D eigenvalue weighted by Gasteiger charge is 2.34. The summed E-state index contributed by atoms with van der Waals surface area (Å²) < 4.78 is 16.1. The summed E-state index contributed by atoms with van der Waals surface area (Å²) in [6.07, 6.45) is 9.80. The van der Waals surface area contributed by atoms with E-state index in [2.05, 4.69) is 21.5 Å². The molecule has 4 rings (SSSR count). The Hall–Kier alpha value is -2.80. The zero-order valence-corrected chi connectivity index (χ0v) is 19.3. The molecule has 2 aromatic rings. The second-order valence-corrected chi connectivity index (χ2v) is 8.85. The second-order valence-electron chi connectivity index (χ2n) is 8.44. The Kier molecular flexibility index (Phi) is 6.84. The third-order valence-electron chi connectivity index (χ3n) is 5.78. The van der Waals surface area contributed by atoms with Crippen LogP contribution in [0.1, 0.15) is 51.3 Å². The van der Waals surface area contributed by atoms with Crippen molar-refractivity contribution in [2.45, 2.75) is 57.6 Å². The summed E-state index contributed by atoms with van der Waals surface area (Å²) >= 11 is 6.34. The molecule has 1 aromatic heterocycles. The van der Waals surface area contributed by atoms with Crippen molar-refractivity contribution in [2.24, 2.45) is 5.92 Å². The van der Waals surface area contributed by atoms with Crippen LogP contribution in [0.4, 0.5) is 0 Å². The van der Waals surface area contributed by atoms with Gasteiger partial charge in [-0.25, -0.2) is 0 Å². The molecule has 3 atom stereocenters. The van der Waals surface area contributed by atoms with Crippen molar-refractivity contribution in [1.29, 1.82) is 0 Å². The number of carbonyl (C=O) groups is 1. The molecule has 0 bridgehead atoms. The SMILES string of the molecule is COC(=O)[C@@H]1CCC[C@@H]1NC1=CCC(c2nc(-c3ccc(OC(C)C)c(Cl)c3)no2)C=C1. The van der Waals surface area contributed by atoms with Crippen molar-refractivity contribution in [3.05, 3.63) is 53.0 Å². The first-order valence-electron chi connectivity index (χ1n) is 11.0. The maximum absolute atomic E-state index is 12.0. The molecule has 1 aromatic carbocycles. The van der Waals surface area contributed by atoms with Gasteiger partial charge in [-0.05, 0) is 57.4 Å². The number of benzene rings is 1. The topological polar surface area (TPSA) is 86.5 Å². The van der Waals surface area contributed by atoms with Crippen LogP contribution < -0.4 is 10.1 Å². The number of esters is 1. The van der Waals surface area contributed by atoms with E-state index in [1.165, 1.54) is 7.11 Å². The first kappa shape index (κ1) is 22.4. The summed E-state index contributed by atoms with van der Waals surface area (Å²) in [7, 11) is 1.45. The quantitative estimate of drug-likeness (QED) is 0.583. The fourth-order valence-corrected chi connectivity index (χ4v) is 4.41. The summed E-state index contributed by atoms with van der Waals surface area (Å²) in [4.78, 5) is 16.5. The van der Waals surface area contributed by atoms with Crippen LogP contribution in [0.3, 0.4) is 0 Å². The molecule has 0 amide bonds. The molecular weight excluding hydrogens is 430 g/mol. The Balaban J connectivity index is 1.39. The maximum Gasteiger partial charge on any atom is 0.310 e. The van der Waals surface area contributed by atoms with Crippen molar-refractivity contribution in [3.63, 3.8) is 0 Å². The molecule has 1 unspecified atom stereocenters. The smallest absolute Gasteiger partial charge is 0.310 e. The summed E-state index contributed by atoms with van der Waals surface area (Å²) in [6, 6.07) is 5.58. The molecule has 0 aliphatic heterocycles. The van der Waals surface area contributed by atoms with E-state index >= 15 is 0 Å². The minimum absolute atomic E-state index is 0.000742. The van der Waals surface area contributed by atoms with Crippen molar-refractivity contribution >= 4 is 17.6 Å². The number of aromatic nitrogens is 2. The van der Waals surface area contributed by atoms with Crippen molar-refractivity contribution in [2.75, 3.05) is 7.11 Å². The van der Waals surface area contributed by atoms with Gasteiger partial charge in [0.25, 0.3) is 0 Å². The number of carbonyl (C=O) groups excluding carboxylic acids is 1. The van der Waals surface area contributed by atoms with Crippen LogP contribution in [0.5, 0.6) is 5.75 Å². The highest BCUT2D eigenvalue weighted by atomic mass is 35.5. The van der Waals surface area contributed by atoms with Gasteiger partial charge >= 0.3 is 5.97 Å². The molecule has 1 heterocycles. The van der Waals surface area contributed by atoms with Crippen molar-refractivity contribution in [1.82, 2.24) is 15.5 Å². The first-order chi connectivity index (χ1) is 15.4. The minimum Gasteiger partial charge on any atom is -0.489 e. The van der Waals surface area contributed by atoms with Crippen molar-refractivity contribution < 1.29 is 18.8 Å². The highest BCUT2D eigenvalue weighted by Crippen LogP contribution is 2.33. The molecule has 1 N–H and O–H groups in total. The number of hydrogen-bond donors (Lipinski definition) is 1. The molecule has 0 radical (unpaired) electrons. The van der Waals surface area contributed by atoms with E-state index in [4.69, 9.17) is 25.6 Å². The van der Waals surface area contributed by atoms with Crippen LogP contribution >= 0.6 is 11.6 Å². The van der Waals surface area contributed by atoms with Gasteiger partial charge in [-0.1, -0.05) is 35.3 Å². The normalized spacial score (nSPS) is 22.7. The summed E-state index contributed by atoms with van der Waals surface area (Å²) in [5.74, 6) is 1.45. The van der Waals surface area contributed by atoms with Gasteiger partial charge in [0.05, 0.1) is 30.1 Å². The van der Waals surface area contributed by atoms with Gasteiger partial charge in [0.15, 0.2) is 0 Å². The molecule has 0 saturated heterocycles. The summed E-state index contributed by atoms with van der Waals surface area (Å²) in [5, 5.41) is 8.13. The van der Waals surface area contributed by atoms with Gasteiger partial charge in [-0.3, -0.25) is 4.79 Å². The van der Waals surface area contributed by atoms with Crippen molar-refractivity contribution in [3.8, 4) is 17.1 Å². The molecule has 0 spiro atoms. The lowest BCUT2D eigenvalue weighted by molar-refractivity contribution is -0.145. The molecule has 32 heavy (non-hydrogen) atoms. The number of hydrogen-bond acceptors (Lipinski definition) is 7. The van der Waals surface area contributed by atoms with Crippen LogP contribution in [-0.2, 0) is 9.53 Å². The molecule has 8 heteroatoms. The Labute approximate surface area is 192 Å². The number of nitrogens with zero attached hydrogens (tertiary/aromatic N) is 2. The van der Waals surface area contributed by atoms with Gasteiger partial charge in [0.1, 0.15) is 5.75 Å². The fraction of sp³-hybridized carbons (Fsp3) is 0.458. The zero-order valence-electron chi connectivity index (χ0n) is 18.5. The monoisotopic (exact) mass is 457 g/mol. The Bertz CT molecular complexity index is 1030. The lowest BCUT2D eigenvalue weighted by atomic mass is 9.98. The third-order valence-corrected chi connectivity index (χ3v) is 6.08. The van der Waals surface area contributed by atoms with E-state index in [9.17, 15) is 4.79 Å². The number of halogens is 1. The Morgan fingerprint density at radius 3 is 2.84 bits per heavy atom. The molecule has 7 nitrogen and oxygen atoms in total. The lowest BCUT2D eigenvalue weighted by Gasteiger charge is -2.22. The van der Waals surface area contributed by atoms with Crippen LogP contribution in [0.15, 0.2) is 46.6 Å². The van der Waals surface area contributed by atoms with E-state index in [1.54, 1.807) is 6.07 Å². The predicted octanol–water partition coefficient (Wildman–Crippen LogP) is 5.04. The number of ether oxygens (including phenoxy) is 2. The van der Waals surface area contributed by atoms with Crippen LogP contribution in [0.25, 0.3) is 11.4 Å². The van der Waals surface area contributed by atoms with E-state index in [1.807, 2.05) is 38.1 Å². The number of rotatable bonds is 7. The molecule has 2 aliphatic carbocycles. The third kappa shape index (κ3) is 4.99.